The molecule has 2 unspecified atom stereocenters. The van der Waals surface area contributed by atoms with Gasteiger partial charge in [0, 0.05) is 12.3 Å². The standard InChI is InChI=1S/C16H22O/c1-3-12(2)16(17)11-14-9-6-8-13-7-4-5-10-15(13)14/h4-5,7,10,12,14H,3,6,8-9,11H2,1-2H3. The quantitative estimate of drug-likeness (QED) is 0.760. The van der Waals surface area contributed by atoms with Gasteiger partial charge in [0.25, 0.3) is 0 Å². The molecule has 0 saturated carbocycles. The van der Waals surface area contributed by atoms with Crippen molar-refractivity contribution in [3.05, 3.63) is 35.4 Å². The van der Waals surface area contributed by atoms with Crippen LogP contribution in [0, 0.1) is 5.92 Å². The topological polar surface area (TPSA) is 17.1 Å². The van der Waals surface area contributed by atoms with Crippen molar-refractivity contribution in [2.24, 2.45) is 5.92 Å². The molecule has 1 aromatic carbocycles. The summed E-state index contributed by atoms with van der Waals surface area (Å²) < 4.78 is 0. The molecule has 1 aliphatic rings. The van der Waals surface area contributed by atoms with Gasteiger partial charge >= 0.3 is 0 Å². The smallest absolute Gasteiger partial charge is 0.136 e. The fraction of sp³-hybridized carbons (Fsp3) is 0.562. The van der Waals surface area contributed by atoms with E-state index in [-0.39, 0.29) is 5.92 Å². The lowest BCUT2D eigenvalue weighted by atomic mass is 9.79. The molecule has 2 atom stereocenters. The fourth-order valence-corrected chi connectivity index (χ4v) is 2.74. The molecular weight excluding hydrogens is 208 g/mol. The van der Waals surface area contributed by atoms with Crippen molar-refractivity contribution < 1.29 is 4.79 Å². The van der Waals surface area contributed by atoms with Crippen LogP contribution in [0.25, 0.3) is 0 Å². The van der Waals surface area contributed by atoms with E-state index in [1.54, 1.807) is 0 Å². The third-order valence-electron chi connectivity index (χ3n) is 4.10. The first-order valence-electron chi connectivity index (χ1n) is 6.83. The second-order valence-electron chi connectivity index (χ2n) is 5.27. The Morgan fingerprint density at radius 2 is 2.18 bits per heavy atom. The van der Waals surface area contributed by atoms with Crippen LogP contribution in [-0.2, 0) is 11.2 Å². The number of hydrogen-bond donors (Lipinski definition) is 0. The maximum absolute atomic E-state index is 12.1. The maximum atomic E-state index is 12.1. The SMILES string of the molecule is CCC(C)C(=O)CC1CCCc2ccccc21. The number of ketones is 1. The van der Waals surface area contributed by atoms with Crippen LogP contribution in [0.1, 0.15) is 56.6 Å². The number of aryl methyl sites for hydroxylation is 1. The highest BCUT2D eigenvalue weighted by atomic mass is 16.1. The minimum absolute atomic E-state index is 0.226. The molecule has 1 heteroatoms. The molecule has 0 N–H and O–H groups in total. The number of carbonyl (C=O) groups excluding carboxylic acids is 1. The van der Waals surface area contributed by atoms with E-state index >= 15 is 0 Å². The highest BCUT2D eigenvalue weighted by Crippen LogP contribution is 2.34. The summed E-state index contributed by atoms with van der Waals surface area (Å²) in [6.45, 7) is 4.15. The number of fused-ring (bicyclic) bond motifs is 1. The van der Waals surface area contributed by atoms with E-state index in [2.05, 4.69) is 38.1 Å². The summed E-state index contributed by atoms with van der Waals surface area (Å²) in [6, 6.07) is 8.64. The predicted molar refractivity (Wildman–Crippen MR) is 71.2 cm³/mol. The lowest BCUT2D eigenvalue weighted by Gasteiger charge is -2.25. The van der Waals surface area contributed by atoms with Gasteiger partial charge in [-0.3, -0.25) is 4.79 Å². The van der Waals surface area contributed by atoms with Gasteiger partial charge in [-0.05, 0) is 42.7 Å². The van der Waals surface area contributed by atoms with E-state index in [4.69, 9.17) is 0 Å². The summed E-state index contributed by atoms with van der Waals surface area (Å²) in [5, 5.41) is 0. The molecule has 17 heavy (non-hydrogen) atoms. The number of rotatable bonds is 4. The minimum Gasteiger partial charge on any atom is -0.299 e. The van der Waals surface area contributed by atoms with Gasteiger partial charge in [-0.1, -0.05) is 38.1 Å². The largest absolute Gasteiger partial charge is 0.299 e. The summed E-state index contributed by atoms with van der Waals surface area (Å²) in [4.78, 5) is 12.1. The van der Waals surface area contributed by atoms with E-state index < -0.39 is 0 Å². The average Bonchev–Trinajstić information content (AvgIpc) is 2.38. The van der Waals surface area contributed by atoms with Gasteiger partial charge in [0.2, 0.25) is 0 Å². The van der Waals surface area contributed by atoms with Gasteiger partial charge in [-0.2, -0.15) is 0 Å². The van der Waals surface area contributed by atoms with Crippen molar-refractivity contribution in [1.29, 1.82) is 0 Å². The molecule has 0 heterocycles. The van der Waals surface area contributed by atoms with Crippen molar-refractivity contribution in [2.75, 3.05) is 0 Å². The van der Waals surface area contributed by atoms with Crippen molar-refractivity contribution in [3.8, 4) is 0 Å². The Hall–Kier alpha value is -1.11. The molecule has 1 nitrogen and oxygen atoms in total. The zero-order chi connectivity index (χ0) is 12.3. The Morgan fingerprint density at radius 1 is 1.41 bits per heavy atom. The first-order valence-corrected chi connectivity index (χ1v) is 6.83. The van der Waals surface area contributed by atoms with E-state index in [1.165, 1.54) is 30.4 Å². The van der Waals surface area contributed by atoms with Crippen molar-refractivity contribution in [3.63, 3.8) is 0 Å². The summed E-state index contributed by atoms with van der Waals surface area (Å²) in [6.07, 6.45) is 5.30. The van der Waals surface area contributed by atoms with E-state index in [9.17, 15) is 4.79 Å². The molecule has 0 spiro atoms. The third kappa shape index (κ3) is 2.77. The second-order valence-corrected chi connectivity index (χ2v) is 5.27. The number of Topliss-reactive ketones (excluding diaryl/α,β-unsaturated/α-hetero) is 1. The Morgan fingerprint density at radius 3 is 2.94 bits per heavy atom. The average molecular weight is 230 g/mol. The van der Waals surface area contributed by atoms with E-state index in [0.717, 1.165) is 12.8 Å². The van der Waals surface area contributed by atoms with Crippen LogP contribution < -0.4 is 0 Å². The van der Waals surface area contributed by atoms with Crippen molar-refractivity contribution in [1.82, 2.24) is 0 Å². The van der Waals surface area contributed by atoms with Crippen LogP contribution in [0.5, 0.6) is 0 Å². The Kier molecular flexibility index (Phi) is 3.98. The second kappa shape index (κ2) is 5.48. The molecule has 0 aliphatic heterocycles. The molecule has 92 valence electrons. The fourth-order valence-electron chi connectivity index (χ4n) is 2.74. The Bertz CT molecular complexity index is 394. The molecule has 0 radical (unpaired) electrons. The van der Waals surface area contributed by atoms with Crippen LogP contribution in [0.3, 0.4) is 0 Å². The van der Waals surface area contributed by atoms with E-state index in [1.807, 2.05) is 0 Å². The zero-order valence-electron chi connectivity index (χ0n) is 10.9. The van der Waals surface area contributed by atoms with Crippen LogP contribution >= 0.6 is 0 Å². The first kappa shape index (κ1) is 12.3. The first-order chi connectivity index (χ1) is 8.22. The van der Waals surface area contributed by atoms with Gasteiger partial charge in [0.15, 0.2) is 0 Å². The summed E-state index contributed by atoms with van der Waals surface area (Å²) in [7, 11) is 0. The predicted octanol–water partition coefficient (Wildman–Crippen LogP) is 4.11. The van der Waals surface area contributed by atoms with Gasteiger partial charge < -0.3 is 0 Å². The van der Waals surface area contributed by atoms with Gasteiger partial charge in [0.05, 0.1) is 0 Å². The normalized spacial score (nSPS) is 20.7. The molecular formula is C16H22O. The highest BCUT2D eigenvalue weighted by Gasteiger charge is 2.23. The van der Waals surface area contributed by atoms with Crippen LogP contribution in [0.4, 0.5) is 0 Å². The van der Waals surface area contributed by atoms with Gasteiger partial charge in [-0.25, -0.2) is 0 Å². The molecule has 2 rings (SSSR count). The van der Waals surface area contributed by atoms with Gasteiger partial charge in [0.1, 0.15) is 5.78 Å². The van der Waals surface area contributed by atoms with Crippen LogP contribution in [0.2, 0.25) is 0 Å². The molecule has 0 aromatic heterocycles. The zero-order valence-corrected chi connectivity index (χ0v) is 10.9. The summed E-state index contributed by atoms with van der Waals surface area (Å²) in [5.41, 5.74) is 2.89. The molecule has 0 saturated heterocycles. The molecule has 0 fully saturated rings. The molecule has 1 aromatic rings. The lowest BCUT2D eigenvalue weighted by molar-refractivity contribution is -0.122. The van der Waals surface area contributed by atoms with Crippen molar-refractivity contribution >= 4 is 5.78 Å². The lowest BCUT2D eigenvalue weighted by Crippen LogP contribution is -2.17. The number of hydrogen-bond acceptors (Lipinski definition) is 1. The maximum Gasteiger partial charge on any atom is 0.136 e. The Balaban J connectivity index is 2.11. The summed E-state index contributed by atoms with van der Waals surface area (Å²) in [5.74, 6) is 1.14. The third-order valence-corrected chi connectivity index (χ3v) is 4.10. The van der Waals surface area contributed by atoms with Crippen LogP contribution in [0.15, 0.2) is 24.3 Å². The van der Waals surface area contributed by atoms with Crippen LogP contribution in [-0.4, -0.2) is 5.78 Å². The van der Waals surface area contributed by atoms with Gasteiger partial charge in [-0.15, -0.1) is 0 Å². The molecule has 1 aliphatic carbocycles. The molecule has 0 amide bonds. The summed E-state index contributed by atoms with van der Waals surface area (Å²) >= 11 is 0. The Labute approximate surface area is 104 Å². The van der Waals surface area contributed by atoms with E-state index in [0.29, 0.717) is 11.7 Å². The highest BCUT2D eigenvalue weighted by molar-refractivity contribution is 5.81. The number of carbonyl (C=O) groups is 1. The monoisotopic (exact) mass is 230 g/mol. The minimum atomic E-state index is 0.226. The molecule has 0 bridgehead atoms. The number of benzene rings is 1. The van der Waals surface area contributed by atoms with Crippen molar-refractivity contribution in [2.45, 2.75) is 51.9 Å².